The molecule has 4 rings (SSSR count). The fraction of sp³-hybridized carbons (Fsp3) is 0.0588. The predicted octanol–water partition coefficient (Wildman–Crippen LogP) is 3.77. The molecule has 0 atom stereocenters. The molecule has 3 aromatic rings. The largest absolute Gasteiger partial charge is 0.300 e. The number of ketones is 1. The molecule has 0 unspecified atom stereocenters. The molecule has 0 spiro atoms. The highest BCUT2D eigenvalue weighted by molar-refractivity contribution is 7.19. The van der Waals surface area contributed by atoms with Gasteiger partial charge in [-0.15, -0.1) is 11.3 Å². The first-order valence-corrected chi connectivity index (χ1v) is 7.58. The Morgan fingerprint density at radius 2 is 1.86 bits per heavy atom. The van der Waals surface area contributed by atoms with E-state index in [9.17, 15) is 14.0 Å². The lowest BCUT2D eigenvalue weighted by molar-refractivity contribution is -0.114. The number of benzene rings is 2. The van der Waals surface area contributed by atoms with Gasteiger partial charge in [0, 0.05) is 9.58 Å². The molecular weight excluding hydrogens is 301 g/mol. The molecule has 3 nitrogen and oxygen atoms in total. The van der Waals surface area contributed by atoms with Crippen molar-refractivity contribution in [1.29, 1.82) is 0 Å². The van der Waals surface area contributed by atoms with Crippen molar-refractivity contribution in [2.75, 3.05) is 4.90 Å². The van der Waals surface area contributed by atoms with Crippen LogP contribution in [-0.4, -0.2) is 11.7 Å². The summed E-state index contributed by atoms with van der Waals surface area (Å²) in [5.41, 5.74) is 0.625. The Hall–Kier alpha value is -2.53. The monoisotopic (exact) mass is 311 g/mol. The number of halogens is 1. The van der Waals surface area contributed by atoms with Crippen LogP contribution in [0.4, 0.5) is 10.1 Å². The van der Waals surface area contributed by atoms with Crippen molar-refractivity contribution in [2.45, 2.75) is 6.54 Å². The number of carbonyl (C=O) groups excluding carboxylic acids is 2. The summed E-state index contributed by atoms with van der Waals surface area (Å²) < 4.78 is 14.4. The van der Waals surface area contributed by atoms with Gasteiger partial charge in [-0.05, 0) is 35.7 Å². The highest BCUT2D eigenvalue weighted by Crippen LogP contribution is 2.33. The van der Waals surface area contributed by atoms with Crippen molar-refractivity contribution >= 4 is 38.8 Å². The minimum Gasteiger partial charge on any atom is -0.300 e. The smallest absolute Gasteiger partial charge is 0.299 e. The molecule has 0 radical (unpaired) electrons. The molecule has 1 aromatic heterocycles. The fourth-order valence-corrected chi connectivity index (χ4v) is 3.75. The lowest BCUT2D eigenvalue weighted by Gasteiger charge is -2.15. The maximum absolute atomic E-state index is 13.3. The zero-order valence-electron chi connectivity index (χ0n) is 11.4. The number of thiophene rings is 1. The molecule has 5 heteroatoms. The molecule has 0 saturated heterocycles. The Kier molecular flexibility index (Phi) is 2.84. The zero-order chi connectivity index (χ0) is 15.3. The Labute approximate surface area is 129 Å². The van der Waals surface area contributed by atoms with Crippen LogP contribution in [0.3, 0.4) is 0 Å². The fourth-order valence-electron chi connectivity index (χ4n) is 2.70. The third-order valence-electron chi connectivity index (χ3n) is 3.72. The molecule has 0 fully saturated rings. The van der Waals surface area contributed by atoms with Crippen molar-refractivity contribution in [3.63, 3.8) is 0 Å². The summed E-state index contributed by atoms with van der Waals surface area (Å²) >= 11 is 1.59. The highest BCUT2D eigenvalue weighted by atomic mass is 32.1. The van der Waals surface area contributed by atoms with Gasteiger partial charge in [-0.1, -0.05) is 18.2 Å². The van der Waals surface area contributed by atoms with E-state index >= 15 is 0 Å². The maximum Gasteiger partial charge on any atom is 0.299 e. The van der Waals surface area contributed by atoms with Crippen LogP contribution in [0.2, 0.25) is 0 Å². The molecule has 108 valence electrons. The lowest BCUT2D eigenvalue weighted by Crippen LogP contribution is -2.28. The predicted molar refractivity (Wildman–Crippen MR) is 83.7 cm³/mol. The molecule has 1 amide bonds. The van der Waals surface area contributed by atoms with Gasteiger partial charge in [-0.2, -0.15) is 0 Å². The second-order valence-corrected chi connectivity index (χ2v) is 6.30. The van der Waals surface area contributed by atoms with Crippen molar-refractivity contribution in [3.05, 3.63) is 64.8 Å². The summed E-state index contributed by atoms with van der Waals surface area (Å²) in [5, 5.41) is 1.11. The van der Waals surface area contributed by atoms with Crippen LogP contribution in [0.1, 0.15) is 15.2 Å². The third-order valence-corrected chi connectivity index (χ3v) is 4.82. The van der Waals surface area contributed by atoms with Crippen molar-refractivity contribution in [1.82, 2.24) is 0 Å². The quantitative estimate of drug-likeness (QED) is 0.676. The Balaban J connectivity index is 1.74. The van der Waals surface area contributed by atoms with Gasteiger partial charge in [0.2, 0.25) is 0 Å². The molecule has 2 heterocycles. The van der Waals surface area contributed by atoms with Crippen LogP contribution in [-0.2, 0) is 11.3 Å². The van der Waals surface area contributed by atoms with E-state index < -0.39 is 17.5 Å². The Bertz CT molecular complexity index is 898. The van der Waals surface area contributed by atoms with Crippen molar-refractivity contribution < 1.29 is 14.0 Å². The van der Waals surface area contributed by atoms with Crippen LogP contribution < -0.4 is 4.90 Å². The van der Waals surface area contributed by atoms with Crippen LogP contribution in [0, 0.1) is 5.82 Å². The number of hydrogen-bond donors (Lipinski definition) is 0. The third kappa shape index (κ3) is 1.94. The van der Waals surface area contributed by atoms with Crippen molar-refractivity contribution in [3.8, 4) is 0 Å². The Morgan fingerprint density at radius 1 is 1.05 bits per heavy atom. The zero-order valence-corrected chi connectivity index (χ0v) is 12.2. The molecule has 22 heavy (non-hydrogen) atoms. The summed E-state index contributed by atoms with van der Waals surface area (Å²) in [6.45, 7) is 0.322. The van der Waals surface area contributed by atoms with E-state index in [1.54, 1.807) is 11.3 Å². The second-order valence-electron chi connectivity index (χ2n) is 5.13. The highest BCUT2D eigenvalue weighted by Gasteiger charge is 2.36. The van der Waals surface area contributed by atoms with Gasteiger partial charge in [0.15, 0.2) is 0 Å². The first kappa shape index (κ1) is 13.2. The first-order chi connectivity index (χ1) is 10.6. The maximum atomic E-state index is 13.3. The van der Waals surface area contributed by atoms with Gasteiger partial charge in [-0.3, -0.25) is 14.5 Å². The number of fused-ring (bicyclic) bond motifs is 2. The number of carbonyl (C=O) groups is 2. The van der Waals surface area contributed by atoms with Crippen LogP contribution >= 0.6 is 11.3 Å². The molecule has 0 saturated carbocycles. The van der Waals surface area contributed by atoms with Crippen LogP contribution in [0.25, 0.3) is 10.1 Å². The number of amides is 1. The van der Waals surface area contributed by atoms with Crippen molar-refractivity contribution in [2.24, 2.45) is 0 Å². The SMILES string of the molecule is O=C1C(=O)N(Cc2cc3ccccc3s2)c2ccc(F)cc21. The van der Waals surface area contributed by atoms with E-state index in [4.69, 9.17) is 0 Å². The van der Waals surface area contributed by atoms with Crippen LogP contribution in [0.5, 0.6) is 0 Å². The number of Topliss-reactive ketones (excluding diaryl/α,β-unsaturated/α-hetero) is 1. The average Bonchev–Trinajstić information content (AvgIpc) is 3.02. The van der Waals surface area contributed by atoms with E-state index in [-0.39, 0.29) is 5.56 Å². The van der Waals surface area contributed by atoms with Gasteiger partial charge in [0.1, 0.15) is 5.82 Å². The van der Waals surface area contributed by atoms with Gasteiger partial charge >= 0.3 is 0 Å². The molecule has 1 aliphatic heterocycles. The topological polar surface area (TPSA) is 37.4 Å². The van der Waals surface area contributed by atoms with E-state index in [0.29, 0.717) is 12.2 Å². The number of rotatable bonds is 2. The summed E-state index contributed by atoms with van der Waals surface area (Å²) in [6.07, 6.45) is 0. The molecular formula is C17H10FNO2S. The standard InChI is InChI=1S/C17H10FNO2S/c18-11-5-6-14-13(8-11)16(20)17(21)19(14)9-12-7-10-3-1-2-4-15(10)22-12/h1-8H,9H2. The Morgan fingerprint density at radius 3 is 2.68 bits per heavy atom. The lowest BCUT2D eigenvalue weighted by atomic mass is 10.1. The first-order valence-electron chi connectivity index (χ1n) is 6.77. The second kappa shape index (κ2) is 4.74. The normalized spacial score (nSPS) is 14.0. The van der Waals surface area contributed by atoms with Gasteiger partial charge < -0.3 is 0 Å². The van der Waals surface area contributed by atoms with E-state index in [1.165, 1.54) is 17.0 Å². The number of hydrogen-bond acceptors (Lipinski definition) is 3. The van der Waals surface area contributed by atoms with E-state index in [1.807, 2.05) is 30.3 Å². The average molecular weight is 311 g/mol. The summed E-state index contributed by atoms with van der Waals surface area (Å²) in [6, 6.07) is 13.8. The molecule has 2 aromatic carbocycles. The molecule has 0 N–H and O–H groups in total. The molecule has 0 aliphatic carbocycles. The van der Waals surface area contributed by atoms with E-state index in [2.05, 4.69) is 0 Å². The minimum absolute atomic E-state index is 0.145. The summed E-state index contributed by atoms with van der Waals surface area (Å²) in [5.74, 6) is -1.75. The van der Waals surface area contributed by atoms with Gasteiger partial charge in [-0.25, -0.2) is 4.39 Å². The van der Waals surface area contributed by atoms with Gasteiger partial charge in [0.25, 0.3) is 11.7 Å². The summed E-state index contributed by atoms with van der Waals surface area (Å²) in [4.78, 5) is 26.5. The molecule has 1 aliphatic rings. The van der Waals surface area contributed by atoms with E-state index in [0.717, 1.165) is 21.0 Å². The van der Waals surface area contributed by atoms with Crippen LogP contribution in [0.15, 0.2) is 48.5 Å². The summed E-state index contributed by atoms with van der Waals surface area (Å²) in [7, 11) is 0. The van der Waals surface area contributed by atoms with Gasteiger partial charge in [0.05, 0.1) is 17.8 Å². The number of nitrogens with zero attached hydrogens (tertiary/aromatic N) is 1. The minimum atomic E-state index is -0.643. The molecule has 0 bridgehead atoms. The number of anilines is 1.